The number of hydrogen-bond acceptors (Lipinski definition) is 11. The molecule has 0 radical (unpaired) electrons. The van der Waals surface area contributed by atoms with Gasteiger partial charge in [0.15, 0.2) is 0 Å². The first kappa shape index (κ1) is 40.6. The highest BCUT2D eigenvalue weighted by molar-refractivity contribution is 7.46. The van der Waals surface area contributed by atoms with Gasteiger partial charge in [0.25, 0.3) is 0 Å². The van der Waals surface area contributed by atoms with Gasteiger partial charge in [0.1, 0.15) is 19.8 Å². The van der Waals surface area contributed by atoms with E-state index in [1.54, 1.807) is 13.8 Å². The molecule has 40 heavy (non-hydrogen) atoms. The fourth-order valence-electron chi connectivity index (χ4n) is 2.74. The first-order valence-corrected chi connectivity index (χ1v) is 17.1. The zero-order chi connectivity index (χ0) is 31.0. The van der Waals surface area contributed by atoms with Crippen molar-refractivity contribution in [2.75, 3.05) is 52.8 Å². The Hall–Kier alpha value is -1.58. The average molecular weight is 620 g/mol. The van der Waals surface area contributed by atoms with Crippen LogP contribution in [0.5, 0.6) is 0 Å². The highest BCUT2D eigenvalue weighted by atomic mass is 31.2. The number of rotatable bonds is 21. The number of alkyl carbamates (subject to hydrolysis) is 1. The zero-order valence-electron chi connectivity index (χ0n) is 25.0. The number of nitrogens with one attached hydrogen (secondary N) is 1. The molecule has 0 heterocycles. The topological polar surface area (TPSA) is 185 Å². The molecular formula is C24H50NO13PSi. The van der Waals surface area contributed by atoms with Crippen LogP contribution in [0.4, 0.5) is 4.79 Å². The molecule has 0 aliphatic rings. The Bertz CT molecular complexity index is 721. The maximum atomic E-state index is 11.6. The highest BCUT2D eigenvalue weighted by Gasteiger charge is 2.39. The molecule has 238 valence electrons. The number of carbonyl (C=O) groups is 3. The molecule has 0 aromatic heterocycles. The molecule has 0 saturated carbocycles. The van der Waals surface area contributed by atoms with Crippen molar-refractivity contribution in [3.8, 4) is 0 Å². The van der Waals surface area contributed by atoms with Gasteiger partial charge < -0.3 is 42.6 Å². The molecule has 2 atom stereocenters. The van der Waals surface area contributed by atoms with Crippen LogP contribution < -0.4 is 5.32 Å². The van der Waals surface area contributed by atoms with E-state index in [0.717, 1.165) is 6.42 Å². The lowest BCUT2D eigenvalue weighted by Gasteiger charge is -2.28. The molecule has 0 aromatic carbocycles. The predicted molar refractivity (Wildman–Crippen MR) is 148 cm³/mol. The van der Waals surface area contributed by atoms with Crippen molar-refractivity contribution < 1.29 is 60.7 Å². The SMILES string of the molecule is CCC(C)C(=O)OCCOP(=O)(O)O.CCO[Si](CCCNC(=O)OCCOC(=O)C(C)CC)(OCC)OCC. The number of carbonyl (C=O) groups excluding carboxylic acids is 3. The van der Waals surface area contributed by atoms with Crippen molar-refractivity contribution in [1.82, 2.24) is 5.32 Å². The summed E-state index contributed by atoms with van der Waals surface area (Å²) in [7, 11) is -7.12. The van der Waals surface area contributed by atoms with Gasteiger partial charge in [-0.05, 0) is 40.0 Å². The lowest BCUT2D eigenvalue weighted by Crippen LogP contribution is -2.46. The summed E-state index contributed by atoms with van der Waals surface area (Å²) >= 11 is 0. The van der Waals surface area contributed by atoms with Gasteiger partial charge in [0.2, 0.25) is 0 Å². The van der Waals surface area contributed by atoms with Crippen molar-refractivity contribution >= 4 is 34.7 Å². The maximum Gasteiger partial charge on any atom is 0.500 e. The third-order valence-corrected chi connectivity index (χ3v) is 8.87. The van der Waals surface area contributed by atoms with E-state index in [9.17, 15) is 18.9 Å². The molecule has 0 bridgehead atoms. The van der Waals surface area contributed by atoms with Gasteiger partial charge in [-0.15, -0.1) is 0 Å². The maximum absolute atomic E-state index is 11.6. The lowest BCUT2D eigenvalue weighted by molar-refractivity contribution is -0.149. The first-order chi connectivity index (χ1) is 18.8. The van der Waals surface area contributed by atoms with Crippen LogP contribution in [0, 0.1) is 11.8 Å². The number of phosphoric ester groups is 1. The van der Waals surface area contributed by atoms with Crippen LogP contribution >= 0.6 is 7.82 Å². The van der Waals surface area contributed by atoms with Crippen molar-refractivity contribution in [3.05, 3.63) is 0 Å². The predicted octanol–water partition coefficient (Wildman–Crippen LogP) is 3.43. The second-order valence-corrected chi connectivity index (χ2v) is 12.4. The standard InChI is InChI=1S/C17H35NO7Si.C7H15O6P/c1-6-15(5)16(19)21-12-13-22-17(20)18-11-10-14-26(23-7-2,24-8-3)25-9-4;1-3-6(2)7(8)12-4-5-13-14(9,10)11/h15H,6-14H2,1-5H3,(H,18,20);6H,3-5H2,1-2H3,(H2,9,10,11). The second kappa shape index (κ2) is 24.1. The van der Waals surface area contributed by atoms with E-state index in [1.807, 2.05) is 34.6 Å². The van der Waals surface area contributed by atoms with Gasteiger partial charge in [0, 0.05) is 32.4 Å². The molecule has 2 unspecified atom stereocenters. The Morgan fingerprint density at radius 2 is 1.18 bits per heavy atom. The van der Waals surface area contributed by atoms with Crippen LogP contribution in [0.15, 0.2) is 0 Å². The molecule has 0 aliphatic heterocycles. The van der Waals surface area contributed by atoms with E-state index in [2.05, 4.69) is 14.6 Å². The molecular weight excluding hydrogens is 569 g/mol. The number of esters is 2. The van der Waals surface area contributed by atoms with Gasteiger partial charge in [-0.3, -0.25) is 14.1 Å². The van der Waals surface area contributed by atoms with Crippen LogP contribution in [0.3, 0.4) is 0 Å². The monoisotopic (exact) mass is 619 g/mol. The zero-order valence-corrected chi connectivity index (χ0v) is 26.9. The van der Waals surface area contributed by atoms with Crippen LogP contribution in [0.2, 0.25) is 6.04 Å². The van der Waals surface area contributed by atoms with Gasteiger partial charge >= 0.3 is 34.7 Å². The van der Waals surface area contributed by atoms with E-state index in [0.29, 0.717) is 45.3 Å². The lowest BCUT2D eigenvalue weighted by atomic mass is 10.1. The molecule has 0 aliphatic carbocycles. The number of hydrogen-bond donors (Lipinski definition) is 3. The van der Waals surface area contributed by atoms with E-state index in [1.165, 1.54) is 0 Å². The Morgan fingerprint density at radius 3 is 1.57 bits per heavy atom. The Balaban J connectivity index is 0. The summed E-state index contributed by atoms with van der Waals surface area (Å²) in [6.07, 6.45) is 1.50. The largest absolute Gasteiger partial charge is 0.500 e. The molecule has 3 N–H and O–H groups in total. The molecule has 0 fully saturated rings. The number of amides is 1. The molecule has 0 rings (SSSR count). The summed E-state index contributed by atoms with van der Waals surface area (Å²) in [5, 5.41) is 2.66. The summed E-state index contributed by atoms with van der Waals surface area (Å²) in [4.78, 5) is 50.7. The fourth-order valence-corrected chi connectivity index (χ4v) is 5.67. The summed E-state index contributed by atoms with van der Waals surface area (Å²) in [5.74, 6) is -1.01. The van der Waals surface area contributed by atoms with Crippen LogP contribution in [0.25, 0.3) is 0 Å². The average Bonchev–Trinajstić information content (AvgIpc) is 2.90. The van der Waals surface area contributed by atoms with E-state index in [4.69, 9.17) is 32.5 Å². The molecule has 0 saturated heterocycles. The van der Waals surface area contributed by atoms with Crippen LogP contribution in [-0.4, -0.2) is 89.4 Å². The summed E-state index contributed by atoms with van der Waals surface area (Å²) in [5.41, 5.74) is 0. The minimum Gasteiger partial charge on any atom is -0.463 e. The van der Waals surface area contributed by atoms with Crippen molar-refractivity contribution in [2.45, 2.75) is 73.8 Å². The van der Waals surface area contributed by atoms with Crippen molar-refractivity contribution in [1.29, 1.82) is 0 Å². The van der Waals surface area contributed by atoms with Gasteiger partial charge in [-0.1, -0.05) is 27.7 Å². The Morgan fingerprint density at radius 1 is 0.750 bits per heavy atom. The molecule has 14 nitrogen and oxygen atoms in total. The fraction of sp³-hybridized carbons (Fsp3) is 0.875. The van der Waals surface area contributed by atoms with Crippen LogP contribution in [-0.2, 0) is 46.2 Å². The summed E-state index contributed by atoms with van der Waals surface area (Å²) in [6, 6.07) is 0.620. The van der Waals surface area contributed by atoms with Gasteiger partial charge in [0.05, 0.1) is 18.4 Å². The van der Waals surface area contributed by atoms with Gasteiger partial charge in [-0.2, -0.15) is 0 Å². The smallest absolute Gasteiger partial charge is 0.463 e. The van der Waals surface area contributed by atoms with E-state index >= 15 is 0 Å². The number of phosphoric acid groups is 1. The normalized spacial score (nSPS) is 12.9. The summed E-state index contributed by atoms with van der Waals surface area (Å²) in [6.45, 7) is 14.6. The quantitative estimate of drug-likeness (QED) is 0.0558. The third-order valence-electron chi connectivity index (χ3n) is 5.20. The Labute approximate surface area is 239 Å². The van der Waals surface area contributed by atoms with Crippen LogP contribution in [0.1, 0.15) is 67.7 Å². The van der Waals surface area contributed by atoms with Gasteiger partial charge in [-0.25, -0.2) is 9.36 Å². The molecule has 0 spiro atoms. The highest BCUT2D eigenvalue weighted by Crippen LogP contribution is 2.35. The first-order valence-electron chi connectivity index (χ1n) is 13.7. The third kappa shape index (κ3) is 22.1. The minimum absolute atomic E-state index is 0.0313. The second-order valence-electron chi connectivity index (χ2n) is 8.43. The molecule has 0 aromatic rings. The van der Waals surface area contributed by atoms with Crippen molar-refractivity contribution in [2.24, 2.45) is 11.8 Å². The van der Waals surface area contributed by atoms with Crippen molar-refractivity contribution in [3.63, 3.8) is 0 Å². The van der Waals surface area contributed by atoms with E-state index in [-0.39, 0.29) is 50.2 Å². The van der Waals surface area contributed by atoms with E-state index < -0.39 is 22.7 Å². The number of ether oxygens (including phenoxy) is 3. The molecule has 1 amide bonds. The Kier molecular flexibility index (Phi) is 24.4. The minimum atomic E-state index is -4.45. The molecule has 16 heteroatoms. The summed E-state index contributed by atoms with van der Waals surface area (Å²) < 4.78 is 46.2.